The van der Waals surface area contributed by atoms with Gasteiger partial charge in [-0.1, -0.05) is 26.2 Å². The SMILES string of the molecule is CC1(CNC(=O)c2cc([N+](=O)[O-])ccc2I)CCCCC1. The maximum atomic E-state index is 12.3. The summed E-state index contributed by atoms with van der Waals surface area (Å²) in [7, 11) is 0. The molecule has 0 heterocycles. The van der Waals surface area contributed by atoms with E-state index in [2.05, 4.69) is 12.2 Å². The third-order valence-corrected chi connectivity index (χ3v) is 5.08. The molecule has 0 aromatic heterocycles. The molecule has 5 nitrogen and oxygen atoms in total. The first-order valence-corrected chi connectivity index (χ1v) is 8.21. The highest BCUT2D eigenvalue weighted by atomic mass is 127. The Kier molecular flexibility index (Phi) is 5.18. The molecule has 21 heavy (non-hydrogen) atoms. The quantitative estimate of drug-likeness (QED) is 0.472. The number of nitrogens with zero attached hydrogens (tertiary/aromatic N) is 1. The van der Waals surface area contributed by atoms with Crippen LogP contribution in [0.2, 0.25) is 0 Å². The molecule has 2 rings (SSSR count). The zero-order chi connectivity index (χ0) is 15.5. The van der Waals surface area contributed by atoms with E-state index in [0.29, 0.717) is 12.1 Å². The Morgan fingerprint density at radius 1 is 1.38 bits per heavy atom. The minimum absolute atomic E-state index is 0.0514. The molecule has 1 aromatic rings. The summed E-state index contributed by atoms with van der Waals surface area (Å²) in [4.78, 5) is 22.6. The monoisotopic (exact) mass is 402 g/mol. The Bertz CT molecular complexity index is 554. The largest absolute Gasteiger partial charge is 0.351 e. The van der Waals surface area contributed by atoms with Gasteiger partial charge in [0.2, 0.25) is 0 Å². The standard InChI is InChI=1S/C15H19IN2O3/c1-15(7-3-2-4-8-15)10-17-14(19)12-9-11(18(20)21)5-6-13(12)16/h5-6,9H,2-4,7-8,10H2,1H3,(H,17,19). The summed E-state index contributed by atoms with van der Waals surface area (Å²) in [6, 6.07) is 4.37. The van der Waals surface area contributed by atoms with Gasteiger partial charge in [-0.05, 0) is 46.9 Å². The van der Waals surface area contributed by atoms with Crippen LogP contribution in [0.25, 0.3) is 0 Å². The van der Waals surface area contributed by atoms with Gasteiger partial charge in [0.15, 0.2) is 0 Å². The Labute approximate surface area is 137 Å². The van der Waals surface area contributed by atoms with Crippen LogP contribution < -0.4 is 5.32 Å². The number of halogens is 1. The van der Waals surface area contributed by atoms with Crippen LogP contribution in [0.1, 0.15) is 49.4 Å². The Morgan fingerprint density at radius 2 is 2.05 bits per heavy atom. The molecule has 6 heteroatoms. The van der Waals surface area contributed by atoms with E-state index in [1.54, 1.807) is 6.07 Å². The van der Waals surface area contributed by atoms with Crippen molar-refractivity contribution in [3.8, 4) is 0 Å². The zero-order valence-electron chi connectivity index (χ0n) is 12.0. The van der Waals surface area contributed by atoms with Crippen LogP contribution in [0.3, 0.4) is 0 Å². The first-order valence-electron chi connectivity index (χ1n) is 7.13. The lowest BCUT2D eigenvalue weighted by atomic mass is 9.76. The third kappa shape index (κ3) is 4.15. The fourth-order valence-corrected chi connectivity index (χ4v) is 3.35. The molecular formula is C15H19IN2O3. The number of nitro groups is 1. The number of rotatable bonds is 4. The van der Waals surface area contributed by atoms with Crippen molar-refractivity contribution in [3.63, 3.8) is 0 Å². The van der Waals surface area contributed by atoms with Crippen LogP contribution >= 0.6 is 22.6 Å². The molecule has 1 N–H and O–H groups in total. The number of hydrogen-bond donors (Lipinski definition) is 1. The van der Waals surface area contributed by atoms with Crippen molar-refractivity contribution in [1.29, 1.82) is 0 Å². The summed E-state index contributed by atoms with van der Waals surface area (Å²) < 4.78 is 0.726. The lowest BCUT2D eigenvalue weighted by Gasteiger charge is -2.33. The molecule has 1 aromatic carbocycles. The first-order chi connectivity index (χ1) is 9.91. The third-order valence-electron chi connectivity index (χ3n) is 4.14. The van der Waals surface area contributed by atoms with E-state index in [9.17, 15) is 14.9 Å². The van der Waals surface area contributed by atoms with Gasteiger partial charge in [0.25, 0.3) is 11.6 Å². The van der Waals surface area contributed by atoms with E-state index < -0.39 is 4.92 Å². The molecule has 0 saturated heterocycles. The van der Waals surface area contributed by atoms with Crippen molar-refractivity contribution in [2.24, 2.45) is 5.41 Å². The molecule has 0 spiro atoms. The molecule has 0 aliphatic heterocycles. The first kappa shape index (κ1) is 16.2. The molecule has 0 bridgehead atoms. The fraction of sp³-hybridized carbons (Fsp3) is 0.533. The zero-order valence-corrected chi connectivity index (χ0v) is 14.2. The van der Waals surface area contributed by atoms with E-state index in [0.717, 1.165) is 16.4 Å². The van der Waals surface area contributed by atoms with Crippen molar-refractivity contribution in [1.82, 2.24) is 5.32 Å². The van der Waals surface area contributed by atoms with Crippen molar-refractivity contribution >= 4 is 34.2 Å². The average molecular weight is 402 g/mol. The van der Waals surface area contributed by atoms with E-state index in [-0.39, 0.29) is 17.0 Å². The second kappa shape index (κ2) is 6.72. The lowest BCUT2D eigenvalue weighted by Crippen LogP contribution is -2.37. The normalized spacial score (nSPS) is 17.2. The van der Waals surface area contributed by atoms with E-state index in [4.69, 9.17) is 0 Å². The topological polar surface area (TPSA) is 72.2 Å². The fourth-order valence-electron chi connectivity index (χ4n) is 2.77. The van der Waals surface area contributed by atoms with Crippen molar-refractivity contribution in [2.75, 3.05) is 6.54 Å². The van der Waals surface area contributed by atoms with Crippen LogP contribution in [-0.2, 0) is 0 Å². The predicted octanol–water partition coefficient (Wildman–Crippen LogP) is 3.90. The number of nitrogens with one attached hydrogen (secondary N) is 1. The van der Waals surface area contributed by atoms with Crippen LogP contribution in [0, 0.1) is 19.1 Å². The number of carbonyl (C=O) groups is 1. The molecule has 1 saturated carbocycles. The minimum atomic E-state index is -0.477. The van der Waals surface area contributed by atoms with Gasteiger partial charge >= 0.3 is 0 Å². The average Bonchev–Trinajstić information content (AvgIpc) is 2.46. The van der Waals surface area contributed by atoms with Crippen molar-refractivity contribution < 1.29 is 9.72 Å². The van der Waals surface area contributed by atoms with Gasteiger partial charge in [0, 0.05) is 22.2 Å². The van der Waals surface area contributed by atoms with E-state index >= 15 is 0 Å². The maximum absolute atomic E-state index is 12.3. The van der Waals surface area contributed by atoms with Crippen molar-refractivity contribution in [3.05, 3.63) is 37.4 Å². The highest BCUT2D eigenvalue weighted by molar-refractivity contribution is 14.1. The summed E-state index contributed by atoms with van der Waals surface area (Å²) in [5, 5.41) is 13.8. The molecule has 0 unspecified atom stereocenters. The summed E-state index contributed by atoms with van der Waals surface area (Å²) in [5.74, 6) is -0.227. The molecule has 0 atom stereocenters. The summed E-state index contributed by atoms with van der Waals surface area (Å²) in [6.07, 6.45) is 5.94. The Balaban J connectivity index is 2.06. The summed E-state index contributed by atoms with van der Waals surface area (Å²) in [5.41, 5.74) is 0.480. The van der Waals surface area contributed by atoms with Crippen LogP contribution in [0.5, 0.6) is 0 Å². The number of amides is 1. The highest BCUT2D eigenvalue weighted by Crippen LogP contribution is 2.35. The molecule has 1 amide bonds. The molecular weight excluding hydrogens is 383 g/mol. The van der Waals surface area contributed by atoms with Crippen LogP contribution in [-0.4, -0.2) is 17.4 Å². The van der Waals surface area contributed by atoms with Gasteiger partial charge in [0.1, 0.15) is 0 Å². The molecule has 114 valence electrons. The molecule has 0 radical (unpaired) electrons. The lowest BCUT2D eigenvalue weighted by molar-refractivity contribution is -0.384. The Hall–Kier alpha value is -1.18. The highest BCUT2D eigenvalue weighted by Gasteiger charge is 2.27. The summed E-state index contributed by atoms with van der Waals surface area (Å²) >= 11 is 2.03. The van der Waals surface area contributed by atoms with Crippen molar-refractivity contribution in [2.45, 2.75) is 39.0 Å². The second-order valence-corrected chi connectivity index (χ2v) is 7.14. The number of nitro benzene ring substituents is 1. The number of hydrogen-bond acceptors (Lipinski definition) is 3. The molecule has 1 fully saturated rings. The van der Waals surface area contributed by atoms with Gasteiger partial charge in [-0.15, -0.1) is 0 Å². The smallest absolute Gasteiger partial charge is 0.270 e. The second-order valence-electron chi connectivity index (χ2n) is 5.98. The minimum Gasteiger partial charge on any atom is -0.351 e. The summed E-state index contributed by atoms with van der Waals surface area (Å²) in [6.45, 7) is 2.83. The van der Waals surface area contributed by atoms with Gasteiger partial charge in [0.05, 0.1) is 10.5 Å². The van der Waals surface area contributed by atoms with Gasteiger partial charge in [-0.3, -0.25) is 14.9 Å². The van der Waals surface area contributed by atoms with Gasteiger partial charge in [-0.25, -0.2) is 0 Å². The van der Waals surface area contributed by atoms with E-state index in [1.165, 1.54) is 31.4 Å². The van der Waals surface area contributed by atoms with Gasteiger partial charge in [-0.2, -0.15) is 0 Å². The number of non-ortho nitro benzene ring substituents is 1. The van der Waals surface area contributed by atoms with E-state index in [1.807, 2.05) is 22.6 Å². The number of benzene rings is 1. The number of carbonyl (C=O) groups excluding carboxylic acids is 1. The predicted molar refractivity (Wildman–Crippen MR) is 89.3 cm³/mol. The van der Waals surface area contributed by atoms with Crippen LogP contribution in [0.15, 0.2) is 18.2 Å². The molecule has 1 aliphatic carbocycles. The Morgan fingerprint density at radius 3 is 2.67 bits per heavy atom. The molecule has 1 aliphatic rings. The van der Waals surface area contributed by atoms with Gasteiger partial charge < -0.3 is 5.32 Å². The maximum Gasteiger partial charge on any atom is 0.270 e. The van der Waals surface area contributed by atoms with Crippen LogP contribution in [0.4, 0.5) is 5.69 Å².